The summed E-state index contributed by atoms with van der Waals surface area (Å²) in [7, 11) is -3.83. The van der Waals surface area contributed by atoms with Gasteiger partial charge in [-0.3, -0.25) is 14.3 Å². The minimum atomic E-state index is -3.83. The molecule has 5 rings (SSSR count). The van der Waals surface area contributed by atoms with Crippen molar-refractivity contribution >= 4 is 33.2 Å². The first-order valence-electron chi connectivity index (χ1n) is 13.4. The number of rotatable bonds is 6. The van der Waals surface area contributed by atoms with Gasteiger partial charge < -0.3 is 10.2 Å². The van der Waals surface area contributed by atoms with Crippen molar-refractivity contribution in [2.75, 3.05) is 29.9 Å². The van der Waals surface area contributed by atoms with E-state index in [0.717, 1.165) is 34.5 Å². The number of hydrogen-bond donors (Lipinski definition) is 1. The van der Waals surface area contributed by atoms with Crippen LogP contribution >= 0.6 is 0 Å². The Bertz CT molecular complexity index is 1540. The van der Waals surface area contributed by atoms with Crippen LogP contribution in [0.2, 0.25) is 0 Å². The van der Waals surface area contributed by atoms with Crippen LogP contribution in [0.25, 0.3) is 0 Å². The van der Waals surface area contributed by atoms with E-state index in [1.807, 2.05) is 56.3 Å². The summed E-state index contributed by atoms with van der Waals surface area (Å²) < 4.78 is 30.3. The summed E-state index contributed by atoms with van der Waals surface area (Å²) in [4.78, 5) is 28.0. The Labute approximate surface area is 229 Å². The van der Waals surface area contributed by atoms with Gasteiger partial charge in [-0.2, -0.15) is 9.40 Å². The largest absolute Gasteiger partial charge is 0.326 e. The third-order valence-corrected chi connectivity index (χ3v) is 10.0. The number of hydrogen-bond acceptors (Lipinski definition) is 5. The number of aryl methyl sites for hydroxylation is 3. The van der Waals surface area contributed by atoms with Crippen LogP contribution in [0.15, 0.2) is 47.4 Å². The van der Waals surface area contributed by atoms with Crippen LogP contribution < -0.4 is 10.2 Å². The molecule has 0 atom stereocenters. The molecule has 0 radical (unpaired) electrons. The predicted molar refractivity (Wildman–Crippen MR) is 150 cm³/mol. The number of aromatic nitrogens is 2. The lowest BCUT2D eigenvalue weighted by Crippen LogP contribution is -2.41. The fourth-order valence-corrected chi connectivity index (χ4v) is 7.45. The Hall–Kier alpha value is -3.50. The number of benzene rings is 2. The standard InChI is InChI=1S/C29H35N5O4S/c1-19-9-10-20(2)25(17-19)30-29(36)24-11-14-32(15-12-24)39(37,38)28-21(3)31-34(22(28)4)18-27(35)33-16-13-23-7-5-6-8-26(23)33/h5-10,17,24H,11-16,18H2,1-4H3,(H,30,36). The van der Waals surface area contributed by atoms with Crippen molar-refractivity contribution in [3.63, 3.8) is 0 Å². The zero-order valence-corrected chi connectivity index (χ0v) is 23.7. The molecule has 39 heavy (non-hydrogen) atoms. The van der Waals surface area contributed by atoms with Gasteiger partial charge in [0.1, 0.15) is 11.4 Å². The molecule has 2 aliphatic rings. The molecular formula is C29H35N5O4S. The van der Waals surface area contributed by atoms with Crippen molar-refractivity contribution in [3.05, 3.63) is 70.5 Å². The Morgan fingerprint density at radius 2 is 1.72 bits per heavy atom. The third kappa shape index (κ3) is 5.23. The molecule has 2 aromatic carbocycles. The van der Waals surface area contributed by atoms with E-state index in [4.69, 9.17) is 0 Å². The lowest BCUT2D eigenvalue weighted by atomic mass is 9.97. The van der Waals surface area contributed by atoms with E-state index < -0.39 is 10.0 Å². The number of carbonyl (C=O) groups is 2. The number of sulfonamides is 1. The molecule has 0 bridgehead atoms. The van der Waals surface area contributed by atoms with Crippen LogP contribution in [0, 0.1) is 33.6 Å². The minimum Gasteiger partial charge on any atom is -0.326 e. The molecule has 0 spiro atoms. The quantitative estimate of drug-likeness (QED) is 0.504. The van der Waals surface area contributed by atoms with Gasteiger partial charge in [-0.1, -0.05) is 30.3 Å². The van der Waals surface area contributed by atoms with Gasteiger partial charge in [-0.25, -0.2) is 8.42 Å². The summed E-state index contributed by atoms with van der Waals surface area (Å²) in [5.41, 5.74) is 5.70. The highest BCUT2D eigenvalue weighted by Crippen LogP contribution is 2.30. The molecule has 9 nitrogen and oxygen atoms in total. The van der Waals surface area contributed by atoms with Gasteiger partial charge in [-0.15, -0.1) is 0 Å². The Morgan fingerprint density at radius 3 is 2.46 bits per heavy atom. The van der Waals surface area contributed by atoms with Crippen molar-refractivity contribution < 1.29 is 18.0 Å². The number of amides is 2. The molecule has 206 valence electrons. The van der Waals surface area contributed by atoms with Crippen molar-refractivity contribution in [2.45, 2.75) is 58.4 Å². The van der Waals surface area contributed by atoms with Crippen molar-refractivity contribution in [1.29, 1.82) is 0 Å². The van der Waals surface area contributed by atoms with Crippen LogP contribution in [-0.4, -0.2) is 54.0 Å². The van der Waals surface area contributed by atoms with E-state index in [2.05, 4.69) is 10.4 Å². The van der Waals surface area contributed by atoms with Gasteiger partial charge in [0.05, 0.1) is 11.4 Å². The summed E-state index contributed by atoms with van der Waals surface area (Å²) in [6, 6.07) is 13.8. The maximum Gasteiger partial charge on any atom is 0.248 e. The maximum absolute atomic E-state index is 13.7. The minimum absolute atomic E-state index is 0.0306. The zero-order valence-electron chi connectivity index (χ0n) is 22.9. The molecule has 0 unspecified atom stereocenters. The molecule has 3 aromatic rings. The van der Waals surface area contributed by atoms with Crippen LogP contribution in [0.3, 0.4) is 0 Å². The highest BCUT2D eigenvalue weighted by atomic mass is 32.2. The first kappa shape index (κ1) is 27.1. The molecule has 1 saturated heterocycles. The summed E-state index contributed by atoms with van der Waals surface area (Å²) in [5.74, 6) is -0.463. The van der Waals surface area contributed by atoms with Crippen molar-refractivity contribution in [3.8, 4) is 0 Å². The van der Waals surface area contributed by atoms with Gasteiger partial charge >= 0.3 is 0 Å². The molecule has 2 amide bonds. The smallest absolute Gasteiger partial charge is 0.248 e. The van der Waals surface area contributed by atoms with E-state index in [0.29, 0.717) is 30.8 Å². The normalized spacial score (nSPS) is 16.4. The number of anilines is 2. The topological polar surface area (TPSA) is 105 Å². The first-order valence-corrected chi connectivity index (χ1v) is 14.8. The van der Waals surface area contributed by atoms with Crippen molar-refractivity contribution in [2.24, 2.45) is 5.92 Å². The van der Waals surface area contributed by atoms with Crippen LogP contribution in [0.1, 0.15) is 40.9 Å². The molecule has 1 N–H and O–H groups in total. The Balaban J connectivity index is 1.26. The molecule has 1 aromatic heterocycles. The molecule has 0 aliphatic carbocycles. The number of fused-ring (bicyclic) bond motifs is 1. The molecular weight excluding hydrogens is 514 g/mol. The number of para-hydroxylation sites is 1. The van der Waals surface area contributed by atoms with Gasteiger partial charge in [0, 0.05) is 36.9 Å². The third-order valence-electron chi connectivity index (χ3n) is 7.86. The monoisotopic (exact) mass is 549 g/mol. The van der Waals surface area contributed by atoms with Gasteiger partial charge in [-0.05, 0) is 75.8 Å². The number of nitrogens with zero attached hydrogens (tertiary/aromatic N) is 4. The van der Waals surface area contributed by atoms with Crippen LogP contribution in [-0.2, 0) is 32.6 Å². The van der Waals surface area contributed by atoms with E-state index in [-0.39, 0.29) is 42.3 Å². The van der Waals surface area contributed by atoms with E-state index in [1.54, 1.807) is 18.7 Å². The average molecular weight is 550 g/mol. The second-order valence-corrected chi connectivity index (χ2v) is 12.4. The number of piperidine rings is 1. The lowest BCUT2D eigenvalue weighted by molar-refractivity contribution is -0.121. The first-order chi connectivity index (χ1) is 18.6. The van der Waals surface area contributed by atoms with Gasteiger partial charge in [0.15, 0.2) is 0 Å². The molecule has 3 heterocycles. The Morgan fingerprint density at radius 1 is 1.00 bits per heavy atom. The fraction of sp³-hybridized carbons (Fsp3) is 0.414. The lowest BCUT2D eigenvalue weighted by Gasteiger charge is -2.30. The fourth-order valence-electron chi connectivity index (χ4n) is 5.61. The number of nitrogens with one attached hydrogen (secondary N) is 1. The summed E-state index contributed by atoms with van der Waals surface area (Å²) in [6.45, 7) is 8.37. The van der Waals surface area contributed by atoms with E-state index >= 15 is 0 Å². The second kappa shape index (κ2) is 10.6. The van der Waals surface area contributed by atoms with Crippen LogP contribution in [0.4, 0.5) is 11.4 Å². The van der Waals surface area contributed by atoms with Crippen LogP contribution in [0.5, 0.6) is 0 Å². The SMILES string of the molecule is Cc1ccc(C)c(NC(=O)C2CCN(S(=O)(=O)c3c(C)nn(CC(=O)N4CCc5ccccc54)c3C)CC2)c1. The highest BCUT2D eigenvalue weighted by molar-refractivity contribution is 7.89. The Kier molecular flexibility index (Phi) is 7.35. The van der Waals surface area contributed by atoms with E-state index in [1.165, 1.54) is 8.99 Å². The van der Waals surface area contributed by atoms with Gasteiger partial charge in [0.25, 0.3) is 0 Å². The van der Waals surface area contributed by atoms with Gasteiger partial charge in [0.2, 0.25) is 21.8 Å². The average Bonchev–Trinajstić information content (AvgIpc) is 3.46. The molecule has 10 heteroatoms. The van der Waals surface area contributed by atoms with Crippen molar-refractivity contribution in [1.82, 2.24) is 14.1 Å². The summed E-state index contributed by atoms with van der Waals surface area (Å²) in [6.07, 6.45) is 1.68. The summed E-state index contributed by atoms with van der Waals surface area (Å²) in [5, 5.41) is 7.46. The predicted octanol–water partition coefficient (Wildman–Crippen LogP) is 3.75. The zero-order chi connectivity index (χ0) is 27.9. The molecule has 0 saturated carbocycles. The summed E-state index contributed by atoms with van der Waals surface area (Å²) >= 11 is 0. The number of carbonyl (C=O) groups excluding carboxylic acids is 2. The molecule has 2 aliphatic heterocycles. The second-order valence-electron chi connectivity index (χ2n) is 10.6. The highest BCUT2D eigenvalue weighted by Gasteiger charge is 2.36. The molecule has 1 fully saturated rings. The maximum atomic E-state index is 13.7. The van der Waals surface area contributed by atoms with E-state index in [9.17, 15) is 18.0 Å².